The lowest BCUT2D eigenvalue weighted by molar-refractivity contribution is -0.137. The fourth-order valence-electron chi connectivity index (χ4n) is 2.40. The number of carbonyl (C=O) groups excluding carboxylic acids is 1. The zero-order chi connectivity index (χ0) is 17.5. The third-order valence-corrected chi connectivity index (χ3v) is 3.59. The predicted molar refractivity (Wildman–Crippen MR) is 91.8 cm³/mol. The topological polar surface area (TPSA) is 70.3 Å². The Morgan fingerprint density at radius 2 is 1.71 bits per heavy atom. The maximum atomic E-state index is 12.2. The van der Waals surface area contributed by atoms with Crippen LogP contribution in [-0.2, 0) is 9.53 Å². The van der Waals surface area contributed by atoms with Gasteiger partial charge in [-0.2, -0.15) is 5.26 Å². The molecule has 0 spiro atoms. The number of nitriles is 1. The number of nitrogens with zero attached hydrogens (tertiary/aromatic N) is 1. The maximum absolute atomic E-state index is 12.2. The van der Waals surface area contributed by atoms with Gasteiger partial charge in [0.2, 0.25) is 0 Å². The highest BCUT2D eigenvalue weighted by atomic mass is 16.5. The Morgan fingerprint density at radius 3 is 2.21 bits per heavy atom. The molecule has 0 saturated carbocycles. The Labute approximate surface area is 141 Å². The van der Waals surface area contributed by atoms with Gasteiger partial charge in [-0.15, -0.1) is 0 Å². The number of benzene rings is 2. The van der Waals surface area contributed by atoms with Crippen molar-refractivity contribution in [3.63, 3.8) is 0 Å². The Hall–Kier alpha value is -2.90. The third kappa shape index (κ3) is 3.89. The molecular formula is C20H19NO3. The smallest absolute Gasteiger partial charge is 0.349 e. The average Bonchev–Trinajstić information content (AvgIpc) is 2.60. The number of carbonyl (C=O) groups is 1. The molecule has 0 fully saturated rings. The molecule has 0 radical (unpaired) electrons. The number of rotatable bonds is 5. The van der Waals surface area contributed by atoms with Gasteiger partial charge in [-0.05, 0) is 30.5 Å². The first kappa shape index (κ1) is 17.5. The molecule has 2 aromatic rings. The molecule has 1 unspecified atom stereocenters. The molecular weight excluding hydrogens is 302 g/mol. The van der Waals surface area contributed by atoms with Crippen LogP contribution in [-0.4, -0.2) is 17.7 Å². The van der Waals surface area contributed by atoms with Crippen LogP contribution < -0.4 is 0 Å². The van der Waals surface area contributed by atoms with Crippen molar-refractivity contribution >= 4 is 11.5 Å². The van der Waals surface area contributed by atoms with Crippen LogP contribution in [0.5, 0.6) is 0 Å². The van der Waals surface area contributed by atoms with E-state index in [9.17, 15) is 15.2 Å². The largest absolute Gasteiger partial charge is 0.462 e. The van der Waals surface area contributed by atoms with Crippen molar-refractivity contribution in [1.82, 2.24) is 0 Å². The molecule has 0 heterocycles. The van der Waals surface area contributed by atoms with Crippen molar-refractivity contribution in [1.29, 1.82) is 5.26 Å². The second-order valence-corrected chi connectivity index (χ2v) is 5.25. The lowest BCUT2D eigenvalue weighted by Crippen LogP contribution is -2.09. The van der Waals surface area contributed by atoms with E-state index in [1.54, 1.807) is 38.1 Å². The molecule has 24 heavy (non-hydrogen) atoms. The van der Waals surface area contributed by atoms with Gasteiger partial charge in [0, 0.05) is 5.57 Å². The summed E-state index contributed by atoms with van der Waals surface area (Å²) in [4.78, 5) is 12.2. The summed E-state index contributed by atoms with van der Waals surface area (Å²) in [5, 5.41) is 19.2. The highest BCUT2D eigenvalue weighted by Gasteiger charge is 2.19. The summed E-state index contributed by atoms with van der Waals surface area (Å²) in [5.74, 6) is -0.640. The summed E-state index contributed by atoms with van der Waals surface area (Å²) in [6.07, 6.45) is -0.580. The van der Waals surface area contributed by atoms with E-state index in [1.165, 1.54) is 0 Å². The summed E-state index contributed by atoms with van der Waals surface area (Å²) < 4.78 is 5.02. The van der Waals surface area contributed by atoms with Crippen LogP contribution >= 0.6 is 0 Å². The minimum Gasteiger partial charge on any atom is -0.462 e. The maximum Gasteiger partial charge on any atom is 0.349 e. The Bertz CT molecular complexity index is 769. The molecule has 0 aliphatic carbocycles. The van der Waals surface area contributed by atoms with E-state index < -0.39 is 12.1 Å². The lowest BCUT2D eigenvalue weighted by atomic mass is 9.92. The van der Waals surface area contributed by atoms with Gasteiger partial charge in [0.05, 0.1) is 12.7 Å². The normalized spacial score (nSPS) is 12.8. The third-order valence-electron chi connectivity index (χ3n) is 3.59. The zero-order valence-corrected chi connectivity index (χ0v) is 13.7. The molecule has 0 amide bonds. The van der Waals surface area contributed by atoms with Crippen molar-refractivity contribution in [2.24, 2.45) is 0 Å². The van der Waals surface area contributed by atoms with Gasteiger partial charge in [0.15, 0.2) is 0 Å². The molecule has 1 N–H and O–H groups in total. The van der Waals surface area contributed by atoms with Crippen molar-refractivity contribution in [2.75, 3.05) is 6.61 Å². The molecule has 4 heteroatoms. The van der Waals surface area contributed by atoms with E-state index in [4.69, 9.17) is 4.74 Å². The number of ether oxygens (including phenoxy) is 1. The Morgan fingerprint density at radius 1 is 1.12 bits per heavy atom. The van der Waals surface area contributed by atoms with Crippen molar-refractivity contribution in [3.05, 3.63) is 76.9 Å². The van der Waals surface area contributed by atoms with Gasteiger partial charge in [0.1, 0.15) is 11.6 Å². The monoisotopic (exact) mass is 321 g/mol. The standard InChI is InChI=1S/C20H19NO3/c1-3-24-20(23)18(13-21)19(16-7-5-4-6-8-16)17-11-9-15(10-12-17)14(2)22/h4-12,14,22H,3H2,1-2H3/b19-18+. The van der Waals surface area contributed by atoms with Crippen molar-refractivity contribution in [2.45, 2.75) is 20.0 Å². The fourth-order valence-corrected chi connectivity index (χ4v) is 2.40. The van der Waals surface area contributed by atoms with E-state index in [0.29, 0.717) is 5.57 Å². The van der Waals surface area contributed by atoms with Crippen LogP contribution in [0.2, 0.25) is 0 Å². The van der Waals surface area contributed by atoms with Crippen LogP contribution in [0.15, 0.2) is 60.2 Å². The molecule has 0 aliphatic heterocycles. The first-order valence-electron chi connectivity index (χ1n) is 7.73. The van der Waals surface area contributed by atoms with Gasteiger partial charge >= 0.3 is 5.97 Å². The number of hydrogen-bond donors (Lipinski definition) is 1. The minimum absolute atomic E-state index is 0.0344. The first-order valence-corrected chi connectivity index (χ1v) is 7.73. The van der Waals surface area contributed by atoms with E-state index in [2.05, 4.69) is 0 Å². The van der Waals surface area contributed by atoms with Gasteiger partial charge < -0.3 is 9.84 Å². The summed E-state index contributed by atoms with van der Waals surface area (Å²) in [6.45, 7) is 3.59. The van der Waals surface area contributed by atoms with E-state index >= 15 is 0 Å². The molecule has 1 atom stereocenters. The zero-order valence-electron chi connectivity index (χ0n) is 13.7. The van der Waals surface area contributed by atoms with Crippen molar-refractivity contribution < 1.29 is 14.6 Å². The summed E-state index contributed by atoms with van der Waals surface area (Å²) in [5.41, 5.74) is 2.73. The number of aliphatic hydroxyl groups is 1. The number of esters is 1. The molecule has 0 aliphatic rings. The second kappa shape index (κ2) is 8.09. The molecule has 0 saturated heterocycles. The molecule has 4 nitrogen and oxygen atoms in total. The molecule has 2 aromatic carbocycles. The van der Waals surface area contributed by atoms with E-state index in [-0.39, 0.29) is 12.2 Å². The fraction of sp³-hybridized carbons (Fsp3) is 0.200. The predicted octanol–water partition coefficient (Wildman–Crippen LogP) is 3.63. The second-order valence-electron chi connectivity index (χ2n) is 5.25. The Kier molecular flexibility index (Phi) is 5.89. The molecule has 122 valence electrons. The first-order chi connectivity index (χ1) is 11.6. The minimum atomic E-state index is -0.640. The van der Waals surface area contributed by atoms with Crippen LogP contribution in [0.25, 0.3) is 5.57 Å². The molecule has 2 rings (SSSR count). The summed E-state index contributed by atoms with van der Waals surface area (Å²) in [6, 6.07) is 18.4. The van der Waals surface area contributed by atoms with Crippen molar-refractivity contribution in [3.8, 4) is 6.07 Å². The quantitative estimate of drug-likeness (QED) is 0.518. The van der Waals surface area contributed by atoms with Gasteiger partial charge in [0.25, 0.3) is 0 Å². The lowest BCUT2D eigenvalue weighted by Gasteiger charge is -2.12. The SMILES string of the molecule is CCOC(=O)/C(C#N)=C(\c1ccccc1)c1ccc(C(C)O)cc1. The number of hydrogen-bond acceptors (Lipinski definition) is 4. The van der Waals surface area contributed by atoms with E-state index in [1.807, 2.05) is 36.4 Å². The summed E-state index contributed by atoms with van der Waals surface area (Å²) >= 11 is 0. The molecule has 0 aromatic heterocycles. The van der Waals surface area contributed by atoms with Crippen LogP contribution in [0, 0.1) is 11.3 Å². The Balaban J connectivity index is 2.63. The highest BCUT2D eigenvalue weighted by molar-refractivity contribution is 6.05. The molecule has 0 bridgehead atoms. The van der Waals surface area contributed by atoms with Gasteiger partial charge in [-0.3, -0.25) is 0 Å². The van der Waals surface area contributed by atoms with Crippen LogP contribution in [0.4, 0.5) is 0 Å². The van der Waals surface area contributed by atoms with Crippen LogP contribution in [0.3, 0.4) is 0 Å². The highest BCUT2D eigenvalue weighted by Crippen LogP contribution is 2.28. The summed E-state index contributed by atoms with van der Waals surface area (Å²) in [7, 11) is 0. The average molecular weight is 321 g/mol. The van der Waals surface area contributed by atoms with Crippen LogP contribution in [0.1, 0.15) is 36.6 Å². The number of aliphatic hydroxyl groups excluding tert-OH is 1. The van der Waals surface area contributed by atoms with Gasteiger partial charge in [-0.1, -0.05) is 54.6 Å². The van der Waals surface area contributed by atoms with Gasteiger partial charge in [-0.25, -0.2) is 4.79 Å². The van der Waals surface area contributed by atoms with E-state index in [0.717, 1.165) is 16.7 Å².